The summed E-state index contributed by atoms with van der Waals surface area (Å²) in [5.74, 6) is -2.38. The van der Waals surface area contributed by atoms with E-state index in [2.05, 4.69) is 5.10 Å². The van der Waals surface area contributed by atoms with Gasteiger partial charge < -0.3 is 10.0 Å². The fourth-order valence-corrected chi connectivity index (χ4v) is 3.17. The van der Waals surface area contributed by atoms with Gasteiger partial charge in [0.2, 0.25) is 0 Å². The van der Waals surface area contributed by atoms with Gasteiger partial charge in [0.05, 0.1) is 5.92 Å². The van der Waals surface area contributed by atoms with Crippen LogP contribution in [0.5, 0.6) is 0 Å². The Morgan fingerprint density at radius 2 is 1.84 bits per heavy atom. The summed E-state index contributed by atoms with van der Waals surface area (Å²) < 4.78 is 1.08. The number of carboxylic acid groups (broad SMARTS) is 1. The normalized spacial score (nSPS) is 19.8. The summed E-state index contributed by atoms with van der Waals surface area (Å²) in [7, 11) is 1.46. The molecular weight excluding hydrogens is 346 g/mol. The molecule has 1 aliphatic rings. The minimum Gasteiger partial charge on any atom is -0.481 e. The van der Waals surface area contributed by atoms with Gasteiger partial charge in [-0.3, -0.25) is 14.4 Å². The molecule has 0 saturated carbocycles. The third-order valence-corrected chi connectivity index (χ3v) is 4.65. The van der Waals surface area contributed by atoms with Gasteiger partial charge in [-0.15, -0.1) is 0 Å². The Labute approximate surface area is 148 Å². The summed E-state index contributed by atoms with van der Waals surface area (Å²) in [5, 5.41) is 14.0. The molecule has 0 radical (unpaired) electrons. The van der Waals surface area contributed by atoms with Crippen LogP contribution in [-0.2, 0) is 11.8 Å². The van der Waals surface area contributed by atoms with Crippen molar-refractivity contribution in [2.45, 2.75) is 5.92 Å². The van der Waals surface area contributed by atoms with Gasteiger partial charge in [0.25, 0.3) is 11.5 Å². The number of aromatic nitrogens is 2. The Morgan fingerprint density at radius 3 is 2.44 bits per heavy atom. The molecule has 2 aromatic rings. The highest BCUT2D eigenvalue weighted by molar-refractivity contribution is 6.30. The number of carbonyl (C=O) groups is 2. The molecule has 0 unspecified atom stereocenters. The van der Waals surface area contributed by atoms with Crippen LogP contribution in [0.15, 0.2) is 41.2 Å². The van der Waals surface area contributed by atoms with E-state index in [1.807, 2.05) is 0 Å². The van der Waals surface area contributed by atoms with Crippen molar-refractivity contribution in [2.75, 3.05) is 13.1 Å². The predicted octanol–water partition coefficient (Wildman–Crippen LogP) is 1.37. The van der Waals surface area contributed by atoms with Crippen molar-refractivity contribution in [2.24, 2.45) is 13.0 Å². The number of hydrogen-bond donors (Lipinski definition) is 1. The van der Waals surface area contributed by atoms with Gasteiger partial charge in [0.1, 0.15) is 5.69 Å². The highest BCUT2D eigenvalue weighted by Crippen LogP contribution is 2.34. The second-order valence-corrected chi connectivity index (χ2v) is 6.43. The number of carbonyl (C=O) groups excluding carboxylic acids is 1. The molecule has 1 aliphatic heterocycles. The van der Waals surface area contributed by atoms with Crippen molar-refractivity contribution in [3.63, 3.8) is 0 Å². The van der Waals surface area contributed by atoms with Gasteiger partial charge in [0.15, 0.2) is 0 Å². The molecule has 0 bridgehead atoms. The molecule has 25 heavy (non-hydrogen) atoms. The van der Waals surface area contributed by atoms with Gasteiger partial charge in [-0.2, -0.15) is 5.10 Å². The summed E-state index contributed by atoms with van der Waals surface area (Å²) in [4.78, 5) is 37.1. The van der Waals surface area contributed by atoms with Gasteiger partial charge in [-0.05, 0) is 23.8 Å². The summed E-state index contributed by atoms with van der Waals surface area (Å²) >= 11 is 5.89. The van der Waals surface area contributed by atoms with E-state index in [1.165, 1.54) is 24.1 Å². The molecule has 1 aromatic carbocycles. The number of nitrogens with zero attached hydrogens (tertiary/aromatic N) is 3. The quantitative estimate of drug-likeness (QED) is 0.891. The van der Waals surface area contributed by atoms with Crippen LogP contribution in [0.2, 0.25) is 5.02 Å². The van der Waals surface area contributed by atoms with Crippen LogP contribution < -0.4 is 5.56 Å². The topological polar surface area (TPSA) is 92.5 Å². The van der Waals surface area contributed by atoms with Gasteiger partial charge in [-0.25, -0.2) is 4.68 Å². The Kier molecular flexibility index (Phi) is 4.59. The van der Waals surface area contributed by atoms with E-state index >= 15 is 0 Å². The number of amides is 1. The molecule has 3 rings (SSSR count). The van der Waals surface area contributed by atoms with Gasteiger partial charge >= 0.3 is 5.97 Å². The van der Waals surface area contributed by atoms with E-state index in [9.17, 15) is 19.5 Å². The molecule has 1 fully saturated rings. The van der Waals surface area contributed by atoms with Crippen LogP contribution in [0.25, 0.3) is 0 Å². The number of benzene rings is 1. The highest BCUT2D eigenvalue weighted by atomic mass is 35.5. The van der Waals surface area contributed by atoms with Crippen LogP contribution in [-0.4, -0.2) is 44.8 Å². The number of hydrogen-bond acceptors (Lipinski definition) is 4. The molecule has 1 saturated heterocycles. The van der Waals surface area contributed by atoms with Crippen LogP contribution in [0.1, 0.15) is 22.0 Å². The third-order valence-electron chi connectivity index (χ3n) is 4.40. The number of rotatable bonds is 3. The Morgan fingerprint density at radius 1 is 1.16 bits per heavy atom. The second kappa shape index (κ2) is 6.68. The molecular formula is C17H16ClN3O4. The minimum absolute atomic E-state index is 0.0893. The smallest absolute Gasteiger partial charge is 0.308 e. The fraction of sp³-hybridized carbons (Fsp3) is 0.294. The fourth-order valence-electron chi connectivity index (χ4n) is 3.05. The lowest BCUT2D eigenvalue weighted by molar-refractivity contribution is -0.141. The largest absolute Gasteiger partial charge is 0.481 e. The van der Waals surface area contributed by atoms with E-state index in [4.69, 9.17) is 11.6 Å². The summed E-state index contributed by atoms with van der Waals surface area (Å²) in [6.07, 6.45) is 0. The van der Waals surface area contributed by atoms with Gasteiger partial charge in [0, 0.05) is 37.1 Å². The first-order valence-corrected chi connectivity index (χ1v) is 8.06. The average Bonchev–Trinajstić information content (AvgIpc) is 3.03. The van der Waals surface area contributed by atoms with Crippen LogP contribution in [0, 0.1) is 5.92 Å². The number of halogens is 1. The molecule has 2 heterocycles. The van der Waals surface area contributed by atoms with Crippen molar-refractivity contribution in [3.05, 3.63) is 63.0 Å². The zero-order chi connectivity index (χ0) is 18.1. The third kappa shape index (κ3) is 3.41. The molecule has 130 valence electrons. The average molecular weight is 362 g/mol. The lowest BCUT2D eigenvalue weighted by atomic mass is 9.89. The van der Waals surface area contributed by atoms with Crippen molar-refractivity contribution < 1.29 is 14.7 Å². The van der Waals surface area contributed by atoms with Crippen molar-refractivity contribution in [1.82, 2.24) is 14.7 Å². The molecule has 2 atom stereocenters. The number of aliphatic carboxylic acids is 1. The van der Waals surface area contributed by atoms with E-state index in [0.717, 1.165) is 10.2 Å². The SMILES string of the molecule is Cn1nc(C(=O)N2C[C@@H](C(=O)O)[C@H](c3ccc(Cl)cc3)C2)ccc1=O. The lowest BCUT2D eigenvalue weighted by Crippen LogP contribution is -2.32. The number of aryl methyl sites for hydroxylation is 1. The van der Waals surface area contributed by atoms with E-state index < -0.39 is 17.8 Å². The maximum atomic E-state index is 12.6. The number of carboxylic acids is 1. The highest BCUT2D eigenvalue weighted by Gasteiger charge is 2.41. The van der Waals surface area contributed by atoms with Crippen LogP contribution in [0.4, 0.5) is 0 Å². The predicted molar refractivity (Wildman–Crippen MR) is 90.7 cm³/mol. The molecule has 1 aromatic heterocycles. The standard InChI is InChI=1S/C17H16ClN3O4/c1-20-15(22)7-6-14(19-20)16(23)21-8-12(13(9-21)17(24)25)10-2-4-11(18)5-3-10/h2-7,12-13H,8-9H2,1H3,(H,24,25)/t12-,13+/m0/s1. The molecule has 7 nitrogen and oxygen atoms in total. The van der Waals surface area contributed by atoms with Crippen molar-refractivity contribution in [1.29, 1.82) is 0 Å². The monoisotopic (exact) mass is 361 g/mol. The Balaban J connectivity index is 1.87. The molecule has 0 spiro atoms. The minimum atomic E-state index is -0.955. The zero-order valence-corrected chi connectivity index (χ0v) is 14.2. The summed E-state index contributed by atoms with van der Waals surface area (Å²) in [5.41, 5.74) is 0.615. The second-order valence-electron chi connectivity index (χ2n) is 5.99. The first kappa shape index (κ1) is 17.2. The lowest BCUT2D eigenvalue weighted by Gasteiger charge is -2.16. The van der Waals surface area contributed by atoms with E-state index in [0.29, 0.717) is 5.02 Å². The first-order chi connectivity index (χ1) is 11.9. The first-order valence-electron chi connectivity index (χ1n) is 7.68. The molecule has 0 aliphatic carbocycles. The number of likely N-dealkylation sites (tertiary alicyclic amines) is 1. The Hall–Kier alpha value is -2.67. The van der Waals surface area contributed by atoms with Crippen molar-refractivity contribution >= 4 is 23.5 Å². The molecule has 1 amide bonds. The Bertz CT molecular complexity index is 878. The molecule has 1 N–H and O–H groups in total. The van der Waals surface area contributed by atoms with E-state index in [1.54, 1.807) is 24.3 Å². The van der Waals surface area contributed by atoms with E-state index in [-0.39, 0.29) is 30.3 Å². The maximum absolute atomic E-state index is 12.6. The zero-order valence-electron chi connectivity index (χ0n) is 13.4. The van der Waals surface area contributed by atoms with Gasteiger partial charge in [-0.1, -0.05) is 23.7 Å². The summed E-state index contributed by atoms with van der Waals surface area (Å²) in [6, 6.07) is 9.59. The maximum Gasteiger partial charge on any atom is 0.308 e. The van der Waals surface area contributed by atoms with Crippen LogP contribution in [0.3, 0.4) is 0 Å². The van der Waals surface area contributed by atoms with Crippen molar-refractivity contribution in [3.8, 4) is 0 Å². The summed E-state index contributed by atoms with van der Waals surface area (Å²) in [6.45, 7) is 0.355. The molecule has 8 heteroatoms. The van der Waals surface area contributed by atoms with Crippen LogP contribution >= 0.6 is 11.6 Å².